The van der Waals surface area contributed by atoms with E-state index in [4.69, 9.17) is 21.1 Å². The van der Waals surface area contributed by atoms with E-state index in [1.54, 1.807) is 51.1 Å². The zero-order valence-electron chi connectivity index (χ0n) is 17.0. The number of carbonyl (C=O) groups excluding carboxylic acids is 2. The van der Waals surface area contributed by atoms with Gasteiger partial charge in [0.25, 0.3) is 10.0 Å². The quantitative estimate of drug-likeness (QED) is 0.476. The van der Waals surface area contributed by atoms with Crippen LogP contribution in [0.1, 0.15) is 39.4 Å². The Morgan fingerprint density at radius 2 is 1.65 bits per heavy atom. The van der Waals surface area contributed by atoms with Gasteiger partial charge in [-0.2, -0.15) is 0 Å². The summed E-state index contributed by atoms with van der Waals surface area (Å²) in [6, 6.07) is 9.84. The predicted molar refractivity (Wildman–Crippen MR) is 121 cm³/mol. The molecule has 3 rings (SSSR count). The van der Waals surface area contributed by atoms with Crippen LogP contribution in [0.15, 0.2) is 41.3 Å². The average molecular weight is 482 g/mol. The van der Waals surface area contributed by atoms with Crippen molar-refractivity contribution in [2.75, 3.05) is 17.9 Å². The van der Waals surface area contributed by atoms with Gasteiger partial charge in [-0.3, -0.25) is 4.72 Å². The third-order valence-corrected chi connectivity index (χ3v) is 7.44. The molecule has 3 aromatic rings. The summed E-state index contributed by atoms with van der Waals surface area (Å²) in [5, 5.41) is 1.26. The lowest BCUT2D eigenvalue weighted by Crippen LogP contribution is -2.16. The molecule has 0 amide bonds. The molecule has 1 heterocycles. The fourth-order valence-electron chi connectivity index (χ4n) is 3.09. The number of rotatable bonds is 7. The van der Waals surface area contributed by atoms with Crippen LogP contribution in [0.2, 0.25) is 5.02 Å². The van der Waals surface area contributed by atoms with E-state index in [-0.39, 0.29) is 44.1 Å². The lowest BCUT2D eigenvalue weighted by Gasteiger charge is -2.12. The summed E-state index contributed by atoms with van der Waals surface area (Å²) in [5.41, 5.74) is 0.264. The number of halogens is 1. The summed E-state index contributed by atoms with van der Waals surface area (Å²) in [7, 11) is -4.16. The molecule has 0 aliphatic heterocycles. The van der Waals surface area contributed by atoms with Crippen LogP contribution in [0.4, 0.5) is 5.00 Å². The second kappa shape index (κ2) is 9.25. The molecular weight excluding hydrogens is 462 g/mol. The Bertz CT molecular complexity index is 1260. The molecule has 0 aliphatic rings. The molecular formula is C21H20ClNO6S2. The number of hydrogen-bond donors (Lipinski definition) is 1. The normalized spacial score (nSPS) is 11.4. The van der Waals surface area contributed by atoms with Crippen molar-refractivity contribution in [2.45, 2.75) is 25.7 Å². The number of nitrogens with one attached hydrogen (secondary N) is 1. The highest BCUT2D eigenvalue weighted by Gasteiger charge is 2.29. The van der Waals surface area contributed by atoms with Crippen molar-refractivity contribution in [3.63, 3.8) is 0 Å². The molecule has 0 atom stereocenters. The molecule has 0 bridgehead atoms. The van der Waals surface area contributed by atoms with Gasteiger partial charge in [-0.1, -0.05) is 35.9 Å². The molecule has 0 saturated heterocycles. The molecule has 0 radical (unpaired) electrons. The van der Waals surface area contributed by atoms with Gasteiger partial charge in [0.05, 0.1) is 23.7 Å². The summed E-state index contributed by atoms with van der Waals surface area (Å²) >= 11 is 7.10. The maximum atomic E-state index is 13.3. The summed E-state index contributed by atoms with van der Waals surface area (Å²) in [4.78, 5) is 24.9. The van der Waals surface area contributed by atoms with Gasteiger partial charge in [0, 0.05) is 10.4 Å². The Balaban J connectivity index is 2.14. The van der Waals surface area contributed by atoms with Crippen LogP contribution in [-0.2, 0) is 19.5 Å². The van der Waals surface area contributed by atoms with Crippen LogP contribution < -0.4 is 4.72 Å². The van der Waals surface area contributed by atoms with Crippen molar-refractivity contribution in [3.05, 3.63) is 57.4 Å². The van der Waals surface area contributed by atoms with E-state index < -0.39 is 22.0 Å². The minimum absolute atomic E-state index is 0.0233. The minimum Gasteiger partial charge on any atom is -0.462 e. The SMILES string of the molecule is CCOC(=O)c1sc(NS(=O)(=O)c2cccc3cccc(Cl)c23)c(C(=O)OCC)c1C. The Morgan fingerprint density at radius 3 is 2.29 bits per heavy atom. The van der Waals surface area contributed by atoms with Crippen molar-refractivity contribution >= 4 is 60.7 Å². The first-order valence-electron chi connectivity index (χ1n) is 9.38. The van der Waals surface area contributed by atoms with Crippen LogP contribution in [0, 0.1) is 6.92 Å². The van der Waals surface area contributed by atoms with Gasteiger partial charge < -0.3 is 9.47 Å². The molecule has 0 fully saturated rings. The average Bonchev–Trinajstić information content (AvgIpc) is 3.03. The third-order valence-electron chi connectivity index (χ3n) is 4.42. The Labute approximate surface area is 189 Å². The highest BCUT2D eigenvalue weighted by Crippen LogP contribution is 2.37. The molecule has 1 N–H and O–H groups in total. The van der Waals surface area contributed by atoms with Crippen LogP contribution in [-0.4, -0.2) is 33.6 Å². The molecule has 10 heteroatoms. The van der Waals surface area contributed by atoms with Gasteiger partial charge in [-0.05, 0) is 43.9 Å². The molecule has 0 aliphatic carbocycles. The van der Waals surface area contributed by atoms with Gasteiger partial charge >= 0.3 is 11.9 Å². The summed E-state index contributed by atoms with van der Waals surface area (Å²) in [5.74, 6) is -1.38. The second-order valence-corrected chi connectivity index (χ2v) is 9.48. The Kier molecular flexibility index (Phi) is 6.88. The number of anilines is 1. The highest BCUT2D eigenvalue weighted by molar-refractivity contribution is 7.93. The summed E-state index contributed by atoms with van der Waals surface area (Å²) in [6.45, 7) is 5.06. The number of sulfonamides is 1. The van der Waals surface area contributed by atoms with Crippen LogP contribution in [0.3, 0.4) is 0 Å². The standard InChI is InChI=1S/C21H20ClNO6S2/c1-4-28-20(24)16-12(3)18(21(25)29-5-2)30-19(16)23-31(26,27)15-11-7-9-13-8-6-10-14(22)17(13)15/h6-11,23H,4-5H2,1-3H3. The zero-order valence-corrected chi connectivity index (χ0v) is 19.4. The molecule has 2 aromatic carbocycles. The monoisotopic (exact) mass is 481 g/mol. The molecule has 0 spiro atoms. The largest absolute Gasteiger partial charge is 0.462 e. The number of ether oxygens (including phenoxy) is 2. The third kappa shape index (κ3) is 4.53. The molecule has 0 saturated carbocycles. The Morgan fingerprint density at radius 1 is 1.03 bits per heavy atom. The van der Waals surface area contributed by atoms with Crippen molar-refractivity contribution in [2.24, 2.45) is 0 Å². The van der Waals surface area contributed by atoms with Gasteiger partial charge in [-0.25, -0.2) is 18.0 Å². The molecule has 164 valence electrons. The van der Waals surface area contributed by atoms with E-state index >= 15 is 0 Å². The van der Waals surface area contributed by atoms with E-state index in [9.17, 15) is 18.0 Å². The minimum atomic E-state index is -4.16. The first-order valence-corrected chi connectivity index (χ1v) is 12.1. The lowest BCUT2D eigenvalue weighted by atomic mass is 10.1. The molecule has 7 nitrogen and oxygen atoms in total. The van der Waals surface area contributed by atoms with Gasteiger partial charge in [-0.15, -0.1) is 11.3 Å². The molecule has 31 heavy (non-hydrogen) atoms. The van der Waals surface area contributed by atoms with E-state index in [2.05, 4.69) is 4.72 Å². The number of hydrogen-bond acceptors (Lipinski definition) is 7. The smallest absolute Gasteiger partial charge is 0.348 e. The van der Waals surface area contributed by atoms with Crippen LogP contribution >= 0.6 is 22.9 Å². The van der Waals surface area contributed by atoms with Gasteiger partial charge in [0.2, 0.25) is 0 Å². The van der Waals surface area contributed by atoms with Gasteiger partial charge in [0.15, 0.2) is 0 Å². The van der Waals surface area contributed by atoms with Crippen molar-refractivity contribution in [1.29, 1.82) is 0 Å². The zero-order chi connectivity index (χ0) is 22.8. The topological polar surface area (TPSA) is 98.8 Å². The van der Waals surface area contributed by atoms with E-state index in [1.165, 1.54) is 6.07 Å². The van der Waals surface area contributed by atoms with Crippen molar-refractivity contribution in [1.82, 2.24) is 0 Å². The fourth-order valence-corrected chi connectivity index (χ4v) is 6.07. The first kappa shape index (κ1) is 23.1. The first-order chi connectivity index (χ1) is 14.7. The summed E-state index contributed by atoms with van der Waals surface area (Å²) < 4.78 is 39.1. The number of fused-ring (bicyclic) bond motifs is 1. The molecule has 1 aromatic heterocycles. The van der Waals surface area contributed by atoms with Gasteiger partial charge in [0.1, 0.15) is 9.88 Å². The number of benzene rings is 2. The van der Waals surface area contributed by atoms with Crippen LogP contribution in [0.25, 0.3) is 10.8 Å². The molecule has 0 unspecified atom stereocenters. The fraction of sp³-hybridized carbons (Fsp3) is 0.238. The van der Waals surface area contributed by atoms with Crippen molar-refractivity contribution < 1.29 is 27.5 Å². The predicted octanol–water partition coefficient (Wildman–Crippen LogP) is 5.02. The highest BCUT2D eigenvalue weighted by atomic mass is 35.5. The number of thiophene rings is 1. The lowest BCUT2D eigenvalue weighted by molar-refractivity contribution is 0.0527. The van der Waals surface area contributed by atoms with E-state index in [1.807, 2.05) is 0 Å². The second-order valence-electron chi connectivity index (χ2n) is 6.40. The van der Waals surface area contributed by atoms with Crippen LogP contribution in [0.5, 0.6) is 0 Å². The maximum Gasteiger partial charge on any atom is 0.348 e. The van der Waals surface area contributed by atoms with Crippen molar-refractivity contribution in [3.8, 4) is 0 Å². The van der Waals surface area contributed by atoms with E-state index in [0.717, 1.165) is 11.3 Å². The number of carbonyl (C=O) groups is 2. The summed E-state index contributed by atoms with van der Waals surface area (Å²) in [6.07, 6.45) is 0. The maximum absolute atomic E-state index is 13.3. The number of esters is 2. The van der Waals surface area contributed by atoms with E-state index in [0.29, 0.717) is 10.8 Å². The Hall–Kier alpha value is -2.62.